The minimum Gasteiger partial charge on any atom is -0.207 e. The van der Waals surface area contributed by atoms with Crippen molar-refractivity contribution in [3.8, 4) is 0 Å². The first-order valence-corrected chi connectivity index (χ1v) is 7.60. The van der Waals surface area contributed by atoms with E-state index in [1.54, 1.807) is 6.07 Å². The Morgan fingerprint density at radius 2 is 1.68 bits per heavy atom. The van der Waals surface area contributed by atoms with Crippen LogP contribution in [-0.4, -0.2) is 0 Å². The van der Waals surface area contributed by atoms with Crippen LogP contribution >= 0.6 is 55.1 Å². The Morgan fingerprint density at radius 3 is 2.37 bits per heavy atom. The van der Waals surface area contributed by atoms with E-state index in [-0.39, 0.29) is 16.1 Å². The summed E-state index contributed by atoms with van der Waals surface area (Å²) in [6, 6.07) is 7.27. The predicted octanol–water partition coefficient (Wildman–Crippen LogP) is 6.52. The highest BCUT2D eigenvalue weighted by Gasteiger charge is 2.21. The molecule has 0 radical (unpaired) electrons. The second kappa shape index (κ2) is 6.08. The molecule has 100 valence electrons. The van der Waals surface area contributed by atoms with Crippen LogP contribution in [0.15, 0.2) is 34.8 Å². The van der Waals surface area contributed by atoms with Crippen molar-refractivity contribution in [3.63, 3.8) is 0 Å². The summed E-state index contributed by atoms with van der Waals surface area (Å²) >= 11 is 18.1. The number of hydrogen-bond donors (Lipinski definition) is 0. The van der Waals surface area contributed by atoms with Gasteiger partial charge in [-0.1, -0.05) is 51.3 Å². The second-order valence-corrected chi connectivity index (χ2v) is 6.38. The molecule has 0 aliphatic rings. The van der Waals surface area contributed by atoms with E-state index in [0.29, 0.717) is 9.50 Å². The molecule has 6 heteroatoms. The van der Waals surface area contributed by atoms with E-state index in [1.807, 2.05) is 0 Å². The molecular formula is C13H6Br2Cl2F2. The van der Waals surface area contributed by atoms with E-state index in [4.69, 9.17) is 23.2 Å². The van der Waals surface area contributed by atoms with Crippen LogP contribution in [0.4, 0.5) is 8.78 Å². The van der Waals surface area contributed by atoms with E-state index in [1.165, 1.54) is 24.3 Å². The molecule has 0 N–H and O–H groups in total. The van der Waals surface area contributed by atoms with E-state index < -0.39 is 16.5 Å². The van der Waals surface area contributed by atoms with Crippen LogP contribution in [-0.2, 0) is 0 Å². The summed E-state index contributed by atoms with van der Waals surface area (Å²) < 4.78 is 28.3. The van der Waals surface area contributed by atoms with Crippen LogP contribution < -0.4 is 0 Å². The third-order valence-corrected chi connectivity index (χ3v) is 5.04. The van der Waals surface area contributed by atoms with Crippen LogP contribution in [0.2, 0.25) is 10.0 Å². The maximum Gasteiger partial charge on any atom is 0.146 e. The van der Waals surface area contributed by atoms with Gasteiger partial charge in [0.05, 0.1) is 14.9 Å². The summed E-state index contributed by atoms with van der Waals surface area (Å²) in [4.78, 5) is -0.670. The van der Waals surface area contributed by atoms with Gasteiger partial charge in [-0.2, -0.15) is 0 Å². The topological polar surface area (TPSA) is 0 Å². The van der Waals surface area contributed by atoms with Crippen molar-refractivity contribution in [2.24, 2.45) is 0 Å². The molecule has 19 heavy (non-hydrogen) atoms. The highest BCUT2D eigenvalue weighted by atomic mass is 79.9. The van der Waals surface area contributed by atoms with Gasteiger partial charge in [-0.3, -0.25) is 0 Å². The molecule has 1 unspecified atom stereocenters. The Hall–Kier alpha value is -0.160. The predicted molar refractivity (Wildman–Crippen MR) is 81.3 cm³/mol. The van der Waals surface area contributed by atoms with Gasteiger partial charge in [-0.05, 0) is 34.1 Å². The van der Waals surface area contributed by atoms with Gasteiger partial charge in [0.1, 0.15) is 11.6 Å². The summed E-state index contributed by atoms with van der Waals surface area (Å²) in [7, 11) is 0. The Kier molecular flexibility index (Phi) is 4.88. The van der Waals surface area contributed by atoms with Crippen molar-refractivity contribution >= 4 is 55.1 Å². The Balaban J connectivity index is 2.53. The van der Waals surface area contributed by atoms with Crippen LogP contribution in [0.1, 0.15) is 16.0 Å². The first kappa shape index (κ1) is 15.2. The molecular weight excluding hydrogens is 425 g/mol. The molecule has 1 atom stereocenters. The standard InChI is InChI=1S/C13H6Br2Cl2F2/c14-8-5-11(18)7(4-10(8)17)12(15)6-2-1-3-9(16)13(6)19/h1-5,12H. The summed E-state index contributed by atoms with van der Waals surface area (Å²) in [6.07, 6.45) is 0. The fourth-order valence-electron chi connectivity index (χ4n) is 1.62. The third-order valence-electron chi connectivity index (χ3n) is 2.57. The molecule has 0 saturated carbocycles. The highest BCUT2D eigenvalue weighted by Crippen LogP contribution is 2.38. The molecule has 0 aromatic heterocycles. The van der Waals surface area contributed by atoms with Crippen LogP contribution in [0.25, 0.3) is 0 Å². The largest absolute Gasteiger partial charge is 0.207 e. The molecule has 0 amide bonds. The van der Waals surface area contributed by atoms with Gasteiger partial charge in [-0.25, -0.2) is 8.78 Å². The smallest absolute Gasteiger partial charge is 0.146 e. The zero-order valence-corrected chi connectivity index (χ0v) is 13.9. The molecule has 0 saturated heterocycles. The van der Waals surface area contributed by atoms with Crippen molar-refractivity contribution in [3.05, 3.63) is 67.6 Å². The average Bonchev–Trinajstić information content (AvgIpc) is 2.36. The molecule has 0 heterocycles. The molecule has 0 aliphatic carbocycles. The number of benzene rings is 2. The minimum absolute atomic E-state index is 0.00873. The van der Waals surface area contributed by atoms with Crippen LogP contribution in [0.5, 0.6) is 0 Å². The number of halogens is 6. The van der Waals surface area contributed by atoms with Crippen molar-refractivity contribution in [1.82, 2.24) is 0 Å². The maximum absolute atomic E-state index is 13.9. The van der Waals surface area contributed by atoms with Gasteiger partial charge in [0.25, 0.3) is 0 Å². The van der Waals surface area contributed by atoms with Crippen molar-refractivity contribution in [2.45, 2.75) is 4.83 Å². The fraction of sp³-hybridized carbons (Fsp3) is 0.0769. The third kappa shape index (κ3) is 3.13. The molecule has 0 aliphatic heterocycles. The lowest BCUT2D eigenvalue weighted by molar-refractivity contribution is 0.598. The second-order valence-electron chi connectivity index (χ2n) is 3.79. The van der Waals surface area contributed by atoms with Crippen LogP contribution in [0, 0.1) is 11.6 Å². The lowest BCUT2D eigenvalue weighted by atomic mass is 10.0. The monoisotopic (exact) mass is 428 g/mol. The Labute approximate surface area is 136 Å². The Bertz CT molecular complexity index is 632. The SMILES string of the molecule is Fc1cc(Br)c(Cl)cc1C(Br)c1cccc(Cl)c1F. The van der Waals surface area contributed by atoms with Crippen molar-refractivity contribution < 1.29 is 8.78 Å². The van der Waals surface area contributed by atoms with E-state index in [9.17, 15) is 8.78 Å². The van der Waals surface area contributed by atoms with Gasteiger partial charge in [0, 0.05) is 15.6 Å². The minimum atomic E-state index is -0.670. The molecule has 2 aromatic rings. The summed E-state index contributed by atoms with van der Waals surface area (Å²) in [5.41, 5.74) is 0.499. The zero-order valence-electron chi connectivity index (χ0n) is 9.23. The molecule has 0 spiro atoms. The normalized spacial score (nSPS) is 12.5. The average molecular weight is 431 g/mol. The number of alkyl halides is 1. The van der Waals surface area contributed by atoms with Gasteiger partial charge in [0.2, 0.25) is 0 Å². The van der Waals surface area contributed by atoms with Crippen molar-refractivity contribution in [1.29, 1.82) is 0 Å². The van der Waals surface area contributed by atoms with E-state index >= 15 is 0 Å². The maximum atomic E-state index is 13.9. The van der Waals surface area contributed by atoms with Gasteiger partial charge < -0.3 is 0 Å². The molecule has 0 nitrogen and oxygen atoms in total. The Morgan fingerprint density at radius 1 is 1.00 bits per heavy atom. The molecule has 0 fully saturated rings. The van der Waals surface area contributed by atoms with E-state index in [0.717, 1.165) is 0 Å². The van der Waals surface area contributed by atoms with Crippen molar-refractivity contribution in [2.75, 3.05) is 0 Å². The highest BCUT2D eigenvalue weighted by molar-refractivity contribution is 9.10. The summed E-state index contributed by atoms with van der Waals surface area (Å²) in [5.74, 6) is -1.07. The first-order valence-electron chi connectivity index (χ1n) is 5.14. The number of hydrogen-bond acceptors (Lipinski definition) is 0. The quantitative estimate of drug-likeness (QED) is 0.376. The van der Waals surface area contributed by atoms with Crippen LogP contribution in [0.3, 0.4) is 0 Å². The lowest BCUT2D eigenvalue weighted by Gasteiger charge is -2.14. The number of rotatable bonds is 2. The van der Waals surface area contributed by atoms with Gasteiger partial charge in [-0.15, -0.1) is 0 Å². The molecule has 2 aromatic carbocycles. The lowest BCUT2D eigenvalue weighted by Crippen LogP contribution is -2.00. The first-order chi connectivity index (χ1) is 8.91. The molecule has 0 bridgehead atoms. The van der Waals surface area contributed by atoms with Gasteiger partial charge in [0.15, 0.2) is 0 Å². The molecule has 2 rings (SSSR count). The summed E-state index contributed by atoms with van der Waals surface area (Å²) in [6.45, 7) is 0. The zero-order chi connectivity index (χ0) is 14.2. The van der Waals surface area contributed by atoms with E-state index in [2.05, 4.69) is 31.9 Å². The summed E-state index contributed by atoms with van der Waals surface area (Å²) in [5, 5.41) is 0.342. The van der Waals surface area contributed by atoms with Gasteiger partial charge >= 0.3 is 0 Å². The fourth-order valence-corrected chi connectivity index (χ4v) is 2.99.